The molecule has 0 amide bonds. The molecule has 1 aromatic rings. The van der Waals surface area contributed by atoms with Gasteiger partial charge in [0.15, 0.2) is 0 Å². The van der Waals surface area contributed by atoms with Gasteiger partial charge in [-0.15, -0.1) is 0 Å². The molecular formula is C22H40N2O5. The Hall–Kier alpha value is -1.54. The van der Waals surface area contributed by atoms with E-state index in [1.54, 1.807) is 12.1 Å². The Bertz CT molecular complexity index is 530. The van der Waals surface area contributed by atoms with Crippen molar-refractivity contribution < 1.29 is 24.8 Å². The van der Waals surface area contributed by atoms with Gasteiger partial charge >= 0.3 is 0 Å². The number of aliphatic hydroxyl groups excluding tert-OH is 2. The largest absolute Gasteiger partial charge is 0.506 e. The highest BCUT2D eigenvalue weighted by molar-refractivity contribution is 5.75. The average molecular weight is 413 g/mol. The second-order valence-corrected chi connectivity index (χ2v) is 7.15. The molecule has 0 aliphatic rings. The van der Waals surface area contributed by atoms with Gasteiger partial charge in [0.2, 0.25) is 0 Å². The minimum atomic E-state index is -0.500. The lowest BCUT2D eigenvalue weighted by molar-refractivity contribution is 0.132. The molecule has 0 aliphatic heterocycles. The summed E-state index contributed by atoms with van der Waals surface area (Å²) >= 11 is 0. The van der Waals surface area contributed by atoms with E-state index in [1.165, 1.54) is 0 Å². The fourth-order valence-corrected chi connectivity index (χ4v) is 2.98. The van der Waals surface area contributed by atoms with Crippen LogP contribution in [0.15, 0.2) is 18.2 Å². The first-order valence-corrected chi connectivity index (χ1v) is 10.9. The molecule has 0 aliphatic carbocycles. The number of aromatic hydroxyl groups is 1. The lowest BCUT2D eigenvalue weighted by Gasteiger charge is -2.19. The second-order valence-electron chi connectivity index (χ2n) is 7.15. The van der Waals surface area contributed by atoms with Gasteiger partial charge in [0, 0.05) is 39.5 Å². The van der Waals surface area contributed by atoms with E-state index in [0.29, 0.717) is 37.3 Å². The molecule has 0 spiro atoms. The van der Waals surface area contributed by atoms with Crippen LogP contribution < -0.4 is 10.6 Å². The molecule has 168 valence electrons. The molecular weight excluding hydrogens is 372 g/mol. The third-order valence-electron chi connectivity index (χ3n) is 4.65. The number of phenolic OH excluding ortho intramolecular Hbond substituents is 1. The van der Waals surface area contributed by atoms with Crippen molar-refractivity contribution in [3.05, 3.63) is 18.2 Å². The van der Waals surface area contributed by atoms with E-state index in [1.807, 2.05) is 19.9 Å². The maximum Gasteiger partial charge on any atom is 0.140 e. The summed E-state index contributed by atoms with van der Waals surface area (Å²) in [5.74, 6) is 0.116. The average Bonchev–Trinajstić information content (AvgIpc) is 2.71. The molecule has 2 unspecified atom stereocenters. The Labute approximate surface area is 175 Å². The van der Waals surface area contributed by atoms with Gasteiger partial charge in [0.1, 0.15) is 11.4 Å². The normalized spacial score (nSPS) is 13.2. The van der Waals surface area contributed by atoms with Gasteiger partial charge in [0.25, 0.3) is 0 Å². The summed E-state index contributed by atoms with van der Waals surface area (Å²) in [5.41, 5.74) is 1.26. The van der Waals surface area contributed by atoms with Crippen LogP contribution in [0.25, 0.3) is 0 Å². The molecule has 7 heteroatoms. The predicted octanol–water partition coefficient (Wildman–Crippen LogP) is 3.35. The minimum absolute atomic E-state index is 0.116. The zero-order valence-electron chi connectivity index (χ0n) is 18.0. The standard InChI is InChI=1S/C22H40N2O5/c1-3-28-14-7-5-10-18(25)16-23-20-12-9-13-21(27)22(20)24-17-19(26)11-6-8-15-29-4-2/h9,12-13,18-19,23-27H,3-8,10-11,14-17H2,1-2H3. The first-order valence-electron chi connectivity index (χ1n) is 10.9. The van der Waals surface area contributed by atoms with Crippen molar-refractivity contribution in [3.8, 4) is 5.75 Å². The Morgan fingerprint density at radius 1 is 0.828 bits per heavy atom. The maximum atomic E-state index is 10.2. The van der Waals surface area contributed by atoms with E-state index < -0.39 is 12.2 Å². The number of nitrogens with one attached hydrogen (secondary N) is 2. The highest BCUT2D eigenvalue weighted by atomic mass is 16.5. The van der Waals surface area contributed by atoms with Crippen molar-refractivity contribution >= 4 is 11.4 Å². The van der Waals surface area contributed by atoms with E-state index in [4.69, 9.17) is 9.47 Å². The van der Waals surface area contributed by atoms with Crippen LogP contribution in [-0.2, 0) is 9.47 Å². The van der Waals surface area contributed by atoms with E-state index >= 15 is 0 Å². The zero-order valence-corrected chi connectivity index (χ0v) is 18.0. The summed E-state index contributed by atoms with van der Waals surface area (Å²) < 4.78 is 10.6. The molecule has 0 bridgehead atoms. The summed E-state index contributed by atoms with van der Waals surface area (Å²) in [6.07, 6.45) is 4.07. The molecule has 1 aromatic carbocycles. The minimum Gasteiger partial charge on any atom is -0.506 e. The number of hydrogen-bond donors (Lipinski definition) is 5. The monoisotopic (exact) mass is 412 g/mol. The van der Waals surface area contributed by atoms with E-state index in [0.717, 1.165) is 52.1 Å². The van der Waals surface area contributed by atoms with Crippen LogP contribution >= 0.6 is 0 Å². The Kier molecular flexibility index (Phi) is 14.3. The molecule has 7 nitrogen and oxygen atoms in total. The van der Waals surface area contributed by atoms with Crippen molar-refractivity contribution in [2.24, 2.45) is 0 Å². The molecule has 2 atom stereocenters. The van der Waals surface area contributed by atoms with E-state index in [9.17, 15) is 15.3 Å². The Balaban J connectivity index is 2.38. The van der Waals surface area contributed by atoms with Crippen LogP contribution in [0, 0.1) is 0 Å². The van der Waals surface area contributed by atoms with Crippen LogP contribution in [0.4, 0.5) is 11.4 Å². The van der Waals surface area contributed by atoms with E-state index in [2.05, 4.69) is 10.6 Å². The highest BCUT2D eigenvalue weighted by Crippen LogP contribution is 2.31. The fraction of sp³-hybridized carbons (Fsp3) is 0.727. The number of aliphatic hydroxyl groups is 2. The first-order chi connectivity index (χ1) is 14.1. The van der Waals surface area contributed by atoms with Gasteiger partial charge in [-0.05, 0) is 64.5 Å². The number of anilines is 2. The molecule has 0 aromatic heterocycles. The lowest BCUT2D eigenvalue weighted by Crippen LogP contribution is -2.22. The number of rotatable bonds is 18. The number of unbranched alkanes of at least 4 members (excludes halogenated alkanes) is 2. The Morgan fingerprint density at radius 3 is 1.93 bits per heavy atom. The van der Waals surface area contributed by atoms with Crippen LogP contribution in [0.5, 0.6) is 5.75 Å². The number of hydrogen-bond acceptors (Lipinski definition) is 7. The summed E-state index contributed by atoms with van der Waals surface area (Å²) in [7, 11) is 0. The SMILES string of the molecule is CCOCCCCC(O)CNc1cccc(O)c1NCC(O)CCCCOCC. The first kappa shape index (κ1) is 25.5. The van der Waals surface area contributed by atoms with Crippen LogP contribution in [0.3, 0.4) is 0 Å². The quantitative estimate of drug-likeness (QED) is 0.186. The van der Waals surface area contributed by atoms with Crippen LogP contribution in [0.2, 0.25) is 0 Å². The van der Waals surface area contributed by atoms with Crippen molar-refractivity contribution in [2.45, 2.75) is 64.6 Å². The van der Waals surface area contributed by atoms with Gasteiger partial charge in [-0.2, -0.15) is 0 Å². The molecule has 0 saturated heterocycles. The third kappa shape index (κ3) is 11.9. The summed E-state index contributed by atoms with van der Waals surface area (Å²) in [6, 6.07) is 5.20. The third-order valence-corrected chi connectivity index (χ3v) is 4.65. The summed E-state index contributed by atoms with van der Waals surface area (Å²) in [5, 5.41) is 36.9. The topological polar surface area (TPSA) is 103 Å². The van der Waals surface area contributed by atoms with E-state index in [-0.39, 0.29) is 5.75 Å². The maximum absolute atomic E-state index is 10.2. The van der Waals surface area contributed by atoms with Crippen LogP contribution in [-0.4, -0.2) is 67.0 Å². The fourth-order valence-electron chi connectivity index (χ4n) is 2.98. The molecule has 29 heavy (non-hydrogen) atoms. The van der Waals surface area contributed by atoms with Crippen molar-refractivity contribution in [1.82, 2.24) is 0 Å². The summed E-state index contributed by atoms with van der Waals surface area (Å²) in [6.45, 7) is 7.57. The van der Waals surface area contributed by atoms with Gasteiger partial charge < -0.3 is 35.4 Å². The molecule has 0 heterocycles. The van der Waals surface area contributed by atoms with Gasteiger partial charge in [-0.3, -0.25) is 0 Å². The molecule has 1 rings (SSSR count). The van der Waals surface area contributed by atoms with Crippen molar-refractivity contribution in [2.75, 3.05) is 50.2 Å². The molecule has 5 N–H and O–H groups in total. The number of ether oxygens (including phenoxy) is 2. The predicted molar refractivity (Wildman–Crippen MR) is 118 cm³/mol. The molecule has 0 radical (unpaired) electrons. The number of para-hydroxylation sites is 1. The molecule has 0 saturated carbocycles. The summed E-state index contributed by atoms with van der Waals surface area (Å²) in [4.78, 5) is 0. The zero-order chi connectivity index (χ0) is 21.3. The van der Waals surface area contributed by atoms with Crippen LogP contribution in [0.1, 0.15) is 52.4 Å². The molecule has 0 fully saturated rings. The smallest absolute Gasteiger partial charge is 0.140 e. The number of phenols is 1. The Morgan fingerprint density at radius 2 is 1.38 bits per heavy atom. The highest BCUT2D eigenvalue weighted by Gasteiger charge is 2.12. The second kappa shape index (κ2) is 16.3. The number of benzene rings is 1. The lowest BCUT2D eigenvalue weighted by atomic mass is 10.1. The van der Waals surface area contributed by atoms with Crippen molar-refractivity contribution in [3.63, 3.8) is 0 Å². The van der Waals surface area contributed by atoms with Gasteiger partial charge in [-0.1, -0.05) is 6.07 Å². The van der Waals surface area contributed by atoms with Crippen molar-refractivity contribution in [1.29, 1.82) is 0 Å². The van der Waals surface area contributed by atoms with Gasteiger partial charge in [0.05, 0.1) is 17.9 Å². The van der Waals surface area contributed by atoms with Gasteiger partial charge in [-0.25, -0.2) is 0 Å².